The van der Waals surface area contributed by atoms with Gasteiger partial charge in [0, 0.05) is 32.6 Å². The van der Waals surface area contributed by atoms with Gasteiger partial charge in [0.1, 0.15) is 0 Å². The van der Waals surface area contributed by atoms with Gasteiger partial charge in [0.25, 0.3) is 5.91 Å². The first kappa shape index (κ1) is 22.7. The van der Waals surface area contributed by atoms with Gasteiger partial charge in [0.2, 0.25) is 10.0 Å². The van der Waals surface area contributed by atoms with E-state index in [1.54, 1.807) is 29.2 Å². The third-order valence-corrected chi connectivity index (χ3v) is 7.01. The Morgan fingerprint density at radius 2 is 1.80 bits per heavy atom. The smallest absolute Gasteiger partial charge is 0.306 e. The fourth-order valence-electron chi connectivity index (χ4n) is 3.36. The fraction of sp³-hybridized carbons (Fsp3) is 0.600. The molecule has 2 saturated heterocycles. The normalized spacial score (nSPS) is 20.7. The molecule has 9 nitrogen and oxygen atoms in total. The molecule has 30 heavy (non-hydrogen) atoms. The van der Waals surface area contributed by atoms with Gasteiger partial charge in [-0.2, -0.15) is 4.31 Å². The summed E-state index contributed by atoms with van der Waals surface area (Å²) in [7, 11) is -3.53. The SMILES string of the molecule is CC1CN(C(=O)COC(=O)CCc2ccc(S(=O)(=O)N3CCOCC3)cc2)CCO1. The Hall–Kier alpha value is -2.01. The van der Waals surface area contributed by atoms with E-state index in [9.17, 15) is 18.0 Å². The molecule has 10 heteroatoms. The summed E-state index contributed by atoms with van der Waals surface area (Å²) < 4.78 is 42.3. The minimum Gasteiger partial charge on any atom is -0.456 e. The largest absolute Gasteiger partial charge is 0.456 e. The van der Waals surface area contributed by atoms with E-state index in [1.807, 2.05) is 6.92 Å². The zero-order valence-electron chi connectivity index (χ0n) is 17.1. The van der Waals surface area contributed by atoms with Crippen molar-refractivity contribution in [1.29, 1.82) is 0 Å². The van der Waals surface area contributed by atoms with E-state index >= 15 is 0 Å². The lowest BCUT2D eigenvalue weighted by Gasteiger charge is -2.30. The average molecular weight is 441 g/mol. The quantitative estimate of drug-likeness (QED) is 0.567. The van der Waals surface area contributed by atoms with Crippen molar-refractivity contribution >= 4 is 21.9 Å². The van der Waals surface area contributed by atoms with Gasteiger partial charge < -0.3 is 19.1 Å². The van der Waals surface area contributed by atoms with E-state index in [-0.39, 0.29) is 29.9 Å². The molecule has 0 aromatic heterocycles. The number of ether oxygens (including phenoxy) is 3. The molecule has 3 rings (SSSR count). The highest BCUT2D eigenvalue weighted by Crippen LogP contribution is 2.18. The van der Waals surface area contributed by atoms with Crippen molar-refractivity contribution in [2.75, 3.05) is 52.6 Å². The highest BCUT2D eigenvalue weighted by Gasteiger charge is 2.26. The number of esters is 1. The second-order valence-corrected chi connectivity index (χ2v) is 9.28. The van der Waals surface area contributed by atoms with E-state index in [2.05, 4.69) is 0 Å². The van der Waals surface area contributed by atoms with E-state index in [0.717, 1.165) is 5.56 Å². The Morgan fingerprint density at radius 3 is 2.47 bits per heavy atom. The second kappa shape index (κ2) is 10.3. The van der Waals surface area contributed by atoms with Crippen LogP contribution in [-0.4, -0.2) is 88.2 Å². The molecule has 0 aliphatic carbocycles. The van der Waals surface area contributed by atoms with Crippen molar-refractivity contribution in [2.24, 2.45) is 0 Å². The Labute approximate surface area is 176 Å². The molecule has 0 spiro atoms. The van der Waals surface area contributed by atoms with Crippen LogP contribution in [0.2, 0.25) is 0 Å². The van der Waals surface area contributed by atoms with Crippen LogP contribution in [0.5, 0.6) is 0 Å². The fourth-order valence-corrected chi connectivity index (χ4v) is 4.77. The standard InChI is InChI=1S/C20H28N2O7S/c1-16-14-21(8-13-28-16)19(23)15-29-20(24)7-4-17-2-5-18(6-3-17)30(25,26)22-9-11-27-12-10-22/h2-3,5-6,16H,4,7-15H2,1H3. The predicted molar refractivity (Wildman–Crippen MR) is 107 cm³/mol. The first-order chi connectivity index (χ1) is 14.4. The van der Waals surface area contributed by atoms with Gasteiger partial charge in [-0.05, 0) is 31.0 Å². The molecule has 0 radical (unpaired) electrons. The number of carbonyl (C=O) groups excluding carboxylic acids is 2. The van der Waals surface area contributed by atoms with Crippen molar-refractivity contribution in [3.8, 4) is 0 Å². The molecule has 1 atom stereocenters. The monoisotopic (exact) mass is 440 g/mol. The van der Waals surface area contributed by atoms with Gasteiger partial charge in [-0.25, -0.2) is 8.42 Å². The number of amides is 1. The number of rotatable bonds is 7. The van der Waals surface area contributed by atoms with Crippen LogP contribution in [0.4, 0.5) is 0 Å². The number of carbonyl (C=O) groups is 2. The Morgan fingerprint density at radius 1 is 1.10 bits per heavy atom. The van der Waals surface area contributed by atoms with Gasteiger partial charge in [0.05, 0.1) is 30.8 Å². The molecular weight excluding hydrogens is 412 g/mol. The zero-order valence-corrected chi connectivity index (χ0v) is 17.9. The Bertz CT molecular complexity index is 835. The second-order valence-electron chi connectivity index (χ2n) is 7.34. The van der Waals surface area contributed by atoms with Crippen LogP contribution in [-0.2, 0) is 40.2 Å². The number of aryl methyl sites for hydroxylation is 1. The van der Waals surface area contributed by atoms with Crippen molar-refractivity contribution in [2.45, 2.75) is 30.8 Å². The van der Waals surface area contributed by atoms with Crippen LogP contribution in [0.1, 0.15) is 18.9 Å². The van der Waals surface area contributed by atoms with Gasteiger partial charge in [-0.3, -0.25) is 9.59 Å². The molecular formula is C20H28N2O7S. The summed E-state index contributed by atoms with van der Waals surface area (Å²) in [6, 6.07) is 6.49. The van der Waals surface area contributed by atoms with Crippen LogP contribution in [0.3, 0.4) is 0 Å². The van der Waals surface area contributed by atoms with Gasteiger partial charge in [-0.15, -0.1) is 0 Å². The molecule has 1 unspecified atom stereocenters. The van der Waals surface area contributed by atoms with Crippen molar-refractivity contribution in [1.82, 2.24) is 9.21 Å². The molecule has 2 fully saturated rings. The molecule has 1 aromatic carbocycles. The minimum absolute atomic E-state index is 0.0200. The molecule has 166 valence electrons. The molecule has 0 saturated carbocycles. The van der Waals surface area contributed by atoms with Crippen LogP contribution in [0.25, 0.3) is 0 Å². The third kappa shape index (κ3) is 6.00. The van der Waals surface area contributed by atoms with E-state index in [0.29, 0.717) is 52.4 Å². The molecule has 2 aliphatic heterocycles. The molecule has 0 N–H and O–H groups in total. The maximum absolute atomic E-state index is 12.6. The number of sulfonamides is 1. The predicted octanol–water partition coefficient (Wildman–Crippen LogP) is 0.431. The van der Waals surface area contributed by atoms with Crippen molar-refractivity contribution < 1.29 is 32.2 Å². The lowest BCUT2D eigenvalue weighted by atomic mass is 10.1. The first-order valence-corrected chi connectivity index (χ1v) is 11.5. The Balaban J connectivity index is 1.44. The third-order valence-electron chi connectivity index (χ3n) is 5.10. The summed E-state index contributed by atoms with van der Waals surface area (Å²) in [6.07, 6.45) is 0.496. The number of benzene rings is 1. The van der Waals surface area contributed by atoms with E-state index in [4.69, 9.17) is 14.2 Å². The number of hydrogen-bond acceptors (Lipinski definition) is 7. The van der Waals surface area contributed by atoms with Crippen LogP contribution < -0.4 is 0 Å². The van der Waals surface area contributed by atoms with Gasteiger partial charge in [0.15, 0.2) is 6.61 Å². The highest BCUT2D eigenvalue weighted by atomic mass is 32.2. The molecule has 2 heterocycles. The lowest BCUT2D eigenvalue weighted by molar-refractivity contribution is -0.154. The van der Waals surface area contributed by atoms with Crippen LogP contribution in [0, 0.1) is 0 Å². The van der Waals surface area contributed by atoms with Crippen molar-refractivity contribution in [3.63, 3.8) is 0 Å². The topological polar surface area (TPSA) is 102 Å². The maximum Gasteiger partial charge on any atom is 0.306 e. The van der Waals surface area contributed by atoms with E-state index in [1.165, 1.54) is 4.31 Å². The number of nitrogens with zero attached hydrogens (tertiary/aromatic N) is 2. The Kier molecular flexibility index (Phi) is 7.81. The van der Waals surface area contributed by atoms with Crippen molar-refractivity contribution in [3.05, 3.63) is 29.8 Å². The summed E-state index contributed by atoms with van der Waals surface area (Å²) >= 11 is 0. The van der Waals surface area contributed by atoms with E-state index < -0.39 is 16.0 Å². The summed E-state index contributed by atoms with van der Waals surface area (Å²) in [5.74, 6) is -0.689. The highest BCUT2D eigenvalue weighted by molar-refractivity contribution is 7.89. The number of hydrogen-bond donors (Lipinski definition) is 0. The summed E-state index contributed by atoms with van der Waals surface area (Å²) in [4.78, 5) is 25.9. The number of morpholine rings is 2. The lowest BCUT2D eigenvalue weighted by Crippen LogP contribution is -2.46. The first-order valence-electron chi connectivity index (χ1n) is 10.1. The average Bonchev–Trinajstić information content (AvgIpc) is 2.77. The van der Waals surface area contributed by atoms with Gasteiger partial charge in [-0.1, -0.05) is 12.1 Å². The maximum atomic E-state index is 12.6. The molecule has 2 aliphatic rings. The summed E-state index contributed by atoms with van der Waals surface area (Å²) in [6.45, 7) is 4.58. The zero-order chi connectivity index (χ0) is 21.6. The molecule has 1 aromatic rings. The molecule has 1 amide bonds. The van der Waals surface area contributed by atoms with Crippen LogP contribution >= 0.6 is 0 Å². The van der Waals surface area contributed by atoms with Crippen LogP contribution in [0.15, 0.2) is 29.2 Å². The summed E-state index contributed by atoms with van der Waals surface area (Å²) in [5.41, 5.74) is 0.821. The minimum atomic E-state index is -3.53. The summed E-state index contributed by atoms with van der Waals surface area (Å²) in [5, 5.41) is 0. The molecule has 0 bridgehead atoms. The van der Waals surface area contributed by atoms with Gasteiger partial charge >= 0.3 is 5.97 Å².